The van der Waals surface area contributed by atoms with Gasteiger partial charge >= 0.3 is 11.4 Å². The topological polar surface area (TPSA) is 61.5 Å². The molecule has 1 aromatic heterocycles. The number of aromatic nitrogens is 3. The molecular weight excluding hydrogens is 326 g/mol. The van der Waals surface area contributed by atoms with Crippen molar-refractivity contribution in [1.82, 2.24) is 13.9 Å². The summed E-state index contributed by atoms with van der Waals surface area (Å²) in [5.74, 6) is 0. The highest BCUT2D eigenvalue weighted by Gasteiger charge is 2.62. The number of epoxide rings is 1. The second-order valence-electron chi connectivity index (χ2n) is 5.54. The van der Waals surface area contributed by atoms with Crippen LogP contribution in [0.2, 0.25) is 0 Å². The average molecular weight is 336 g/mol. The maximum absolute atomic E-state index is 12.3. The van der Waals surface area contributed by atoms with Gasteiger partial charge in [0, 0.05) is 11.5 Å². The Morgan fingerprint density at radius 2 is 1.65 bits per heavy atom. The molecule has 2 aromatic rings. The van der Waals surface area contributed by atoms with E-state index in [2.05, 4.69) is 15.9 Å². The van der Waals surface area contributed by atoms with Gasteiger partial charge in [0.2, 0.25) is 0 Å². The minimum atomic E-state index is -0.274. The van der Waals surface area contributed by atoms with Gasteiger partial charge in [0.25, 0.3) is 0 Å². The van der Waals surface area contributed by atoms with Crippen molar-refractivity contribution >= 4 is 15.9 Å². The quantitative estimate of drug-likeness (QED) is 0.654. The van der Waals surface area contributed by atoms with Crippen LogP contribution in [0.25, 0.3) is 0 Å². The van der Waals surface area contributed by atoms with Crippen molar-refractivity contribution in [3.63, 3.8) is 0 Å². The largest absolute Gasteiger partial charge is 0.364 e. The molecule has 0 spiro atoms. The van der Waals surface area contributed by atoms with Gasteiger partial charge in [-0.2, -0.15) is 0 Å². The summed E-state index contributed by atoms with van der Waals surface area (Å²) in [6.07, 6.45) is 0.0366. The van der Waals surface area contributed by atoms with Crippen molar-refractivity contribution in [3.05, 3.63) is 54.8 Å². The van der Waals surface area contributed by atoms with Gasteiger partial charge < -0.3 is 4.74 Å². The van der Waals surface area contributed by atoms with E-state index in [1.165, 1.54) is 11.6 Å². The SMILES string of the molecule is Cn1c(=O)n2n(c1=O)C1c3cc(Br)ccc3C2C2OC21. The number of hydrogen-bond acceptors (Lipinski definition) is 3. The number of halogens is 1. The summed E-state index contributed by atoms with van der Waals surface area (Å²) in [6, 6.07) is 5.63. The van der Waals surface area contributed by atoms with E-state index in [4.69, 9.17) is 4.74 Å². The summed E-state index contributed by atoms with van der Waals surface area (Å²) in [6.45, 7) is 0. The van der Waals surface area contributed by atoms with Crippen LogP contribution in [0.3, 0.4) is 0 Å². The molecule has 1 aromatic carbocycles. The van der Waals surface area contributed by atoms with Crippen LogP contribution in [0.15, 0.2) is 32.3 Å². The maximum Gasteiger partial charge on any atom is 0.347 e. The van der Waals surface area contributed by atoms with E-state index in [0.717, 1.165) is 15.6 Å². The van der Waals surface area contributed by atoms with Crippen LogP contribution in [0, 0.1) is 0 Å². The molecule has 1 aliphatic carbocycles. The zero-order chi connectivity index (χ0) is 13.8. The molecule has 7 heteroatoms. The van der Waals surface area contributed by atoms with Crippen LogP contribution < -0.4 is 11.4 Å². The Labute approximate surface area is 121 Å². The molecule has 1 saturated heterocycles. The molecule has 0 radical (unpaired) electrons. The van der Waals surface area contributed by atoms with Gasteiger partial charge in [-0.3, -0.25) is 0 Å². The summed E-state index contributed by atoms with van der Waals surface area (Å²) in [5, 5.41) is 0. The average Bonchev–Trinajstić information content (AvgIpc) is 3.20. The Kier molecular flexibility index (Phi) is 1.76. The molecule has 4 heterocycles. The minimum absolute atomic E-state index is 0.0151. The third kappa shape index (κ3) is 1.03. The lowest BCUT2D eigenvalue weighted by Gasteiger charge is -2.36. The second-order valence-corrected chi connectivity index (χ2v) is 6.46. The molecule has 0 saturated carbocycles. The molecule has 1 fully saturated rings. The summed E-state index contributed by atoms with van der Waals surface area (Å²) in [7, 11) is 1.52. The van der Waals surface area contributed by atoms with Crippen molar-refractivity contribution in [2.24, 2.45) is 7.05 Å². The lowest BCUT2D eigenvalue weighted by molar-refractivity contribution is 0.277. The molecule has 6 rings (SSSR count). The highest BCUT2D eigenvalue weighted by Crippen LogP contribution is 2.54. The van der Waals surface area contributed by atoms with Gasteiger partial charge in [0.05, 0.1) is 0 Å². The smallest absolute Gasteiger partial charge is 0.347 e. The molecule has 20 heavy (non-hydrogen) atoms. The molecule has 6 nitrogen and oxygen atoms in total. The van der Waals surface area contributed by atoms with Crippen molar-refractivity contribution in [3.8, 4) is 0 Å². The van der Waals surface area contributed by atoms with E-state index < -0.39 is 0 Å². The fourth-order valence-electron chi connectivity index (χ4n) is 3.69. The van der Waals surface area contributed by atoms with Gasteiger partial charge in [-0.1, -0.05) is 22.0 Å². The van der Waals surface area contributed by atoms with Crippen LogP contribution in [0.4, 0.5) is 0 Å². The Bertz CT molecular complexity index is 893. The molecule has 0 amide bonds. The molecule has 4 aliphatic rings. The molecular formula is C13H10BrN3O3. The van der Waals surface area contributed by atoms with E-state index in [1.807, 2.05) is 18.2 Å². The third-order valence-corrected chi connectivity index (χ3v) is 5.09. The van der Waals surface area contributed by atoms with E-state index in [0.29, 0.717) is 0 Å². The maximum atomic E-state index is 12.3. The standard InChI is InChI=1S/C13H10BrN3O3/c1-15-12(18)16-8-6-3-2-5(14)4-7(6)9(11-10(8)20-11)17(16)13(15)19/h2-4,8-11H,1H3. The van der Waals surface area contributed by atoms with Crippen LogP contribution in [0.5, 0.6) is 0 Å². The predicted molar refractivity (Wildman–Crippen MR) is 73.0 cm³/mol. The normalized spacial score (nSPS) is 31.7. The lowest BCUT2D eigenvalue weighted by atomic mass is 9.82. The fraction of sp³-hybridized carbons (Fsp3) is 0.385. The highest BCUT2D eigenvalue weighted by molar-refractivity contribution is 9.10. The summed E-state index contributed by atoms with van der Waals surface area (Å²) < 4.78 is 11.0. The number of rotatable bonds is 0. The number of hydrogen-bond donors (Lipinski definition) is 0. The Morgan fingerprint density at radius 1 is 1.05 bits per heavy atom. The summed E-state index contributed by atoms with van der Waals surface area (Å²) in [5.41, 5.74) is 1.62. The second kappa shape index (κ2) is 3.17. The predicted octanol–water partition coefficient (Wildman–Crippen LogP) is 0.384. The number of benzene rings is 1. The lowest BCUT2D eigenvalue weighted by Crippen LogP contribution is -2.47. The molecule has 4 unspecified atom stereocenters. The van der Waals surface area contributed by atoms with Gasteiger partial charge in [0.1, 0.15) is 24.3 Å². The van der Waals surface area contributed by atoms with E-state index in [-0.39, 0.29) is 35.7 Å². The monoisotopic (exact) mass is 335 g/mol. The van der Waals surface area contributed by atoms with Crippen molar-refractivity contribution in [2.45, 2.75) is 24.3 Å². The van der Waals surface area contributed by atoms with Gasteiger partial charge in [0.15, 0.2) is 0 Å². The molecule has 4 atom stereocenters. The minimum Gasteiger partial charge on any atom is -0.364 e. The highest BCUT2D eigenvalue weighted by atomic mass is 79.9. The van der Waals surface area contributed by atoms with Crippen LogP contribution >= 0.6 is 15.9 Å². The van der Waals surface area contributed by atoms with E-state index >= 15 is 0 Å². The summed E-state index contributed by atoms with van der Waals surface area (Å²) in [4.78, 5) is 24.6. The molecule has 3 aliphatic heterocycles. The van der Waals surface area contributed by atoms with Gasteiger partial charge in [-0.05, 0) is 23.3 Å². The van der Waals surface area contributed by atoms with Crippen LogP contribution in [-0.4, -0.2) is 26.1 Å². The first-order valence-electron chi connectivity index (χ1n) is 6.44. The Balaban J connectivity index is 1.93. The van der Waals surface area contributed by atoms with Gasteiger partial charge in [-0.15, -0.1) is 0 Å². The van der Waals surface area contributed by atoms with Crippen molar-refractivity contribution < 1.29 is 4.74 Å². The zero-order valence-electron chi connectivity index (χ0n) is 10.5. The Morgan fingerprint density at radius 3 is 2.30 bits per heavy atom. The van der Waals surface area contributed by atoms with Crippen LogP contribution in [-0.2, 0) is 11.8 Å². The Hall–Kier alpha value is -1.60. The first-order chi connectivity index (χ1) is 9.59. The van der Waals surface area contributed by atoms with E-state index in [1.54, 1.807) is 9.36 Å². The van der Waals surface area contributed by atoms with Crippen LogP contribution in [0.1, 0.15) is 23.2 Å². The molecule has 0 N–H and O–H groups in total. The van der Waals surface area contributed by atoms with E-state index in [9.17, 15) is 9.59 Å². The number of ether oxygens (including phenoxy) is 1. The number of nitrogens with zero attached hydrogens (tertiary/aromatic N) is 3. The molecule has 102 valence electrons. The van der Waals surface area contributed by atoms with Gasteiger partial charge in [-0.25, -0.2) is 23.5 Å². The van der Waals surface area contributed by atoms with Crippen molar-refractivity contribution in [1.29, 1.82) is 0 Å². The van der Waals surface area contributed by atoms with Crippen molar-refractivity contribution in [2.75, 3.05) is 0 Å². The fourth-order valence-corrected chi connectivity index (χ4v) is 4.07. The zero-order valence-corrected chi connectivity index (χ0v) is 12.1. The first kappa shape index (κ1) is 11.1. The first-order valence-corrected chi connectivity index (χ1v) is 7.24. The molecule has 2 bridgehead atoms. The summed E-state index contributed by atoms with van der Waals surface area (Å²) >= 11 is 3.47. The third-order valence-electron chi connectivity index (χ3n) is 4.59.